The molecular weight excluding hydrogens is 220 g/mol. The van der Waals surface area contributed by atoms with Crippen molar-refractivity contribution in [2.45, 2.75) is 44.9 Å². The van der Waals surface area contributed by atoms with Crippen LogP contribution >= 0.6 is 0 Å². The molecule has 1 fully saturated rings. The van der Waals surface area contributed by atoms with Crippen molar-refractivity contribution in [1.82, 2.24) is 0 Å². The van der Waals surface area contributed by atoms with Gasteiger partial charge < -0.3 is 9.47 Å². The molecule has 90 valence electrons. The van der Waals surface area contributed by atoms with Gasteiger partial charge in [-0.25, -0.2) is 8.78 Å². The normalized spacial score (nSPS) is 31.2. The highest BCUT2D eigenvalue weighted by Crippen LogP contribution is 2.37. The van der Waals surface area contributed by atoms with E-state index in [0.29, 0.717) is 0 Å². The van der Waals surface area contributed by atoms with Crippen molar-refractivity contribution >= 4 is 0 Å². The second kappa shape index (κ2) is 3.57. The van der Waals surface area contributed by atoms with Crippen LogP contribution in [0.5, 0.6) is 0 Å². The Labute approximate surface area is 84.3 Å². The Morgan fingerprint density at radius 2 is 1.80 bits per heavy atom. The van der Waals surface area contributed by atoms with E-state index in [1.807, 2.05) is 0 Å². The van der Waals surface area contributed by atoms with Crippen LogP contribution in [-0.2, 0) is 14.2 Å². The molecular formula is C8H12F4O3. The minimum Gasteiger partial charge on any atom is -0.345 e. The summed E-state index contributed by atoms with van der Waals surface area (Å²) in [5.74, 6) is -2.98. The SMILES string of the molecule is CC1(C)OCC(C)(OC(F)(F)C(F)F)O1. The summed E-state index contributed by atoms with van der Waals surface area (Å²) in [5.41, 5.74) is 0. The molecule has 0 aromatic rings. The molecule has 0 spiro atoms. The second-order valence-corrected chi connectivity index (χ2v) is 3.89. The summed E-state index contributed by atoms with van der Waals surface area (Å²) in [6, 6.07) is 0. The Bertz CT molecular complexity index is 244. The van der Waals surface area contributed by atoms with Crippen LogP contribution in [0.25, 0.3) is 0 Å². The fraction of sp³-hybridized carbons (Fsp3) is 1.00. The second-order valence-electron chi connectivity index (χ2n) is 3.89. The summed E-state index contributed by atoms with van der Waals surface area (Å²) >= 11 is 0. The third kappa shape index (κ3) is 3.02. The van der Waals surface area contributed by atoms with Gasteiger partial charge in [0.15, 0.2) is 11.6 Å². The minimum atomic E-state index is -4.54. The van der Waals surface area contributed by atoms with E-state index >= 15 is 0 Å². The van der Waals surface area contributed by atoms with Gasteiger partial charge in [0.25, 0.3) is 0 Å². The lowest BCUT2D eigenvalue weighted by Gasteiger charge is -2.29. The number of rotatable bonds is 3. The predicted octanol–water partition coefficient (Wildman–Crippen LogP) is 2.36. The molecule has 0 aromatic carbocycles. The molecule has 1 rings (SSSR count). The summed E-state index contributed by atoms with van der Waals surface area (Å²) < 4.78 is 62.8. The molecule has 1 unspecified atom stereocenters. The van der Waals surface area contributed by atoms with Gasteiger partial charge in [0.05, 0.1) is 0 Å². The van der Waals surface area contributed by atoms with Crippen molar-refractivity contribution in [3.63, 3.8) is 0 Å². The van der Waals surface area contributed by atoms with Gasteiger partial charge in [-0.1, -0.05) is 0 Å². The van der Waals surface area contributed by atoms with Crippen molar-refractivity contribution in [1.29, 1.82) is 0 Å². The molecule has 15 heavy (non-hydrogen) atoms. The van der Waals surface area contributed by atoms with E-state index in [2.05, 4.69) is 4.74 Å². The number of hydrogen-bond donors (Lipinski definition) is 0. The molecule has 0 bridgehead atoms. The van der Waals surface area contributed by atoms with Crippen molar-refractivity contribution in [3.8, 4) is 0 Å². The van der Waals surface area contributed by atoms with Crippen LogP contribution in [0, 0.1) is 0 Å². The van der Waals surface area contributed by atoms with Gasteiger partial charge in [0.2, 0.25) is 0 Å². The molecule has 1 heterocycles. The number of ether oxygens (including phenoxy) is 3. The van der Waals surface area contributed by atoms with Crippen molar-refractivity contribution in [2.75, 3.05) is 6.61 Å². The largest absolute Gasteiger partial charge is 0.418 e. The first-order valence-electron chi connectivity index (χ1n) is 4.27. The maximum atomic E-state index is 12.6. The van der Waals surface area contributed by atoms with Crippen LogP contribution in [0.4, 0.5) is 17.6 Å². The minimum absolute atomic E-state index is 0.331. The first-order valence-corrected chi connectivity index (χ1v) is 4.27. The maximum Gasteiger partial charge on any atom is 0.418 e. The molecule has 1 aliphatic heterocycles. The lowest BCUT2D eigenvalue weighted by atomic mass is 10.3. The average molecular weight is 232 g/mol. The van der Waals surface area contributed by atoms with Gasteiger partial charge >= 0.3 is 12.5 Å². The topological polar surface area (TPSA) is 27.7 Å². The van der Waals surface area contributed by atoms with Crippen molar-refractivity contribution in [2.24, 2.45) is 0 Å². The Morgan fingerprint density at radius 1 is 1.27 bits per heavy atom. The zero-order valence-electron chi connectivity index (χ0n) is 8.52. The molecule has 7 heteroatoms. The molecule has 1 aliphatic rings. The highest BCUT2D eigenvalue weighted by molar-refractivity contribution is 4.77. The average Bonchev–Trinajstić information content (AvgIpc) is 2.23. The third-order valence-electron chi connectivity index (χ3n) is 1.75. The van der Waals surface area contributed by atoms with Gasteiger partial charge in [-0.2, -0.15) is 8.78 Å². The first-order chi connectivity index (χ1) is 6.56. The highest BCUT2D eigenvalue weighted by atomic mass is 19.3. The van der Waals surface area contributed by atoms with E-state index in [-0.39, 0.29) is 6.61 Å². The fourth-order valence-corrected chi connectivity index (χ4v) is 1.27. The Kier molecular flexibility index (Phi) is 3.01. The molecule has 1 atom stereocenters. The molecule has 0 aliphatic carbocycles. The molecule has 0 aromatic heterocycles. The smallest absolute Gasteiger partial charge is 0.345 e. The lowest BCUT2D eigenvalue weighted by molar-refractivity contribution is -0.389. The molecule has 3 nitrogen and oxygen atoms in total. The molecule has 1 saturated heterocycles. The van der Waals surface area contributed by atoms with Crippen LogP contribution in [0.15, 0.2) is 0 Å². The summed E-state index contributed by atoms with van der Waals surface area (Å²) in [6.45, 7) is 3.74. The summed E-state index contributed by atoms with van der Waals surface area (Å²) in [7, 11) is 0. The number of alkyl halides is 4. The molecule has 0 radical (unpaired) electrons. The molecule has 0 N–H and O–H groups in total. The van der Waals surface area contributed by atoms with Crippen molar-refractivity contribution < 1.29 is 31.8 Å². The van der Waals surface area contributed by atoms with E-state index in [0.717, 1.165) is 6.92 Å². The number of hydrogen-bond acceptors (Lipinski definition) is 3. The quantitative estimate of drug-likeness (QED) is 0.699. The van der Waals surface area contributed by atoms with Gasteiger partial charge in [-0.05, 0) is 20.8 Å². The molecule has 0 amide bonds. The first kappa shape index (κ1) is 12.7. The van der Waals surface area contributed by atoms with Gasteiger partial charge in [0.1, 0.15) is 6.61 Å². The highest BCUT2D eigenvalue weighted by Gasteiger charge is 2.53. The van der Waals surface area contributed by atoms with Crippen LogP contribution in [0.3, 0.4) is 0 Å². The van der Waals surface area contributed by atoms with E-state index in [4.69, 9.17) is 9.47 Å². The monoisotopic (exact) mass is 232 g/mol. The Morgan fingerprint density at radius 3 is 2.13 bits per heavy atom. The summed E-state index contributed by atoms with van der Waals surface area (Å²) in [4.78, 5) is 0. The van der Waals surface area contributed by atoms with Gasteiger partial charge in [-0.15, -0.1) is 0 Å². The summed E-state index contributed by atoms with van der Waals surface area (Å²) in [5, 5.41) is 0. The fourth-order valence-electron chi connectivity index (χ4n) is 1.27. The lowest BCUT2D eigenvalue weighted by Crippen LogP contribution is -2.44. The predicted molar refractivity (Wildman–Crippen MR) is 41.6 cm³/mol. The Balaban J connectivity index is 2.67. The van der Waals surface area contributed by atoms with E-state index in [9.17, 15) is 17.6 Å². The van der Waals surface area contributed by atoms with Gasteiger partial charge in [-0.3, -0.25) is 4.74 Å². The van der Waals surface area contributed by atoms with E-state index in [1.165, 1.54) is 13.8 Å². The Hall–Kier alpha value is -0.400. The van der Waals surface area contributed by atoms with Crippen LogP contribution in [0.2, 0.25) is 0 Å². The van der Waals surface area contributed by atoms with Gasteiger partial charge in [0, 0.05) is 0 Å². The van der Waals surface area contributed by atoms with E-state index < -0.39 is 24.1 Å². The summed E-state index contributed by atoms with van der Waals surface area (Å²) in [6.07, 6.45) is -8.44. The van der Waals surface area contributed by atoms with Crippen LogP contribution in [0.1, 0.15) is 20.8 Å². The zero-order chi connectivity index (χ0) is 11.9. The van der Waals surface area contributed by atoms with Crippen LogP contribution < -0.4 is 0 Å². The maximum absolute atomic E-state index is 12.6. The number of halogens is 4. The molecule has 0 saturated carbocycles. The van der Waals surface area contributed by atoms with E-state index in [1.54, 1.807) is 0 Å². The van der Waals surface area contributed by atoms with Crippen molar-refractivity contribution in [3.05, 3.63) is 0 Å². The third-order valence-corrected chi connectivity index (χ3v) is 1.75. The standard InChI is InChI=1S/C8H12F4O3/c1-6(2)13-4-7(3,14-6)15-8(11,12)5(9)10/h5H,4H2,1-3H3. The zero-order valence-corrected chi connectivity index (χ0v) is 8.52. The van der Waals surface area contributed by atoms with Crippen LogP contribution in [-0.4, -0.2) is 30.7 Å².